The maximum absolute atomic E-state index is 13.6. The second-order valence-electron chi connectivity index (χ2n) is 9.68. The van der Waals surface area contributed by atoms with E-state index >= 15 is 0 Å². The normalized spacial score (nSPS) is 18.8. The third-order valence-electron chi connectivity index (χ3n) is 6.62. The Balaban J connectivity index is 1.42. The molecule has 0 aliphatic carbocycles. The number of piperazine rings is 1. The molecule has 0 radical (unpaired) electrons. The molecule has 0 amide bonds. The predicted octanol–water partition coefficient (Wildman–Crippen LogP) is 4.18. The van der Waals surface area contributed by atoms with Crippen molar-refractivity contribution < 1.29 is 14.0 Å². The van der Waals surface area contributed by atoms with Gasteiger partial charge in [0.05, 0.1) is 11.6 Å². The van der Waals surface area contributed by atoms with E-state index in [0.29, 0.717) is 39.4 Å². The van der Waals surface area contributed by atoms with Crippen LogP contribution in [0.1, 0.15) is 31.1 Å². The maximum atomic E-state index is 13.6. The smallest absolute Gasteiger partial charge is 0.228 e. The molecular weight excluding hydrogens is 501 g/mol. The molecule has 5 rings (SSSR count). The molecule has 1 aromatic heterocycles. The van der Waals surface area contributed by atoms with Gasteiger partial charge >= 0.3 is 0 Å². The van der Waals surface area contributed by atoms with Gasteiger partial charge in [0.15, 0.2) is 5.82 Å². The van der Waals surface area contributed by atoms with Gasteiger partial charge in [0.25, 0.3) is 0 Å². The number of benzene rings is 2. The number of aromatic nitrogens is 2. The Hall–Kier alpha value is -2.59. The summed E-state index contributed by atoms with van der Waals surface area (Å²) in [7, 11) is 0. The van der Waals surface area contributed by atoms with Gasteiger partial charge in [-0.15, -0.1) is 0 Å². The average molecular weight is 530 g/mol. The van der Waals surface area contributed by atoms with Gasteiger partial charge in [0.2, 0.25) is 10.8 Å². The zero-order valence-corrected chi connectivity index (χ0v) is 21.8. The van der Waals surface area contributed by atoms with Crippen LogP contribution in [-0.4, -0.2) is 57.2 Å². The molecule has 36 heavy (non-hydrogen) atoms. The second-order valence-corrected chi connectivity index (χ2v) is 11.6. The van der Waals surface area contributed by atoms with Gasteiger partial charge in [-0.1, -0.05) is 23.7 Å². The van der Waals surface area contributed by atoms with Gasteiger partial charge in [0, 0.05) is 43.3 Å². The molecule has 2 aliphatic rings. The first-order chi connectivity index (χ1) is 17.2. The molecule has 2 aromatic carbocycles. The fourth-order valence-electron chi connectivity index (χ4n) is 4.70. The van der Waals surface area contributed by atoms with Crippen molar-refractivity contribution in [2.24, 2.45) is 0 Å². The zero-order valence-electron chi connectivity index (χ0n) is 20.2. The van der Waals surface area contributed by atoms with Gasteiger partial charge in [-0.2, -0.15) is 4.98 Å². The summed E-state index contributed by atoms with van der Waals surface area (Å²) in [5.41, 5.74) is 1.41. The van der Waals surface area contributed by atoms with Crippen LogP contribution in [0.25, 0.3) is 0 Å². The molecule has 2 N–H and O–H groups in total. The molecule has 3 heterocycles. The standard InChI is InChI=1S/C26H29ClFN5O2S/c1-26(2,34)23(17-3-7-19(28)8-4-17)30-24-22-21(11-16-36(22)35)29-25(31-24)33-14-12-32(13-15-33)20-9-5-18(27)6-10-20/h3-10,23,34H,11-16H2,1-2H3,(H,29,30,31)/t23-,36?/m1/s1. The van der Waals surface area contributed by atoms with E-state index in [0.717, 1.165) is 37.6 Å². The van der Waals surface area contributed by atoms with Gasteiger partial charge in [-0.25, -0.2) is 9.37 Å². The van der Waals surface area contributed by atoms with Crippen LogP contribution < -0.4 is 15.1 Å². The molecule has 0 saturated carbocycles. The van der Waals surface area contributed by atoms with E-state index in [-0.39, 0.29) is 5.82 Å². The van der Waals surface area contributed by atoms with Gasteiger partial charge in [-0.05, 0) is 67.0 Å². The van der Waals surface area contributed by atoms with E-state index in [4.69, 9.17) is 21.6 Å². The van der Waals surface area contributed by atoms with Gasteiger partial charge in [0.1, 0.15) is 17.3 Å². The highest BCUT2D eigenvalue weighted by atomic mass is 35.5. The Labute approximate surface area is 218 Å². The van der Waals surface area contributed by atoms with Crippen molar-refractivity contribution in [3.05, 3.63) is 70.6 Å². The van der Waals surface area contributed by atoms with Crippen LogP contribution in [-0.2, 0) is 17.6 Å². The first-order valence-electron chi connectivity index (χ1n) is 12.0. The molecular formula is C26H29ClFN5O2S. The molecule has 190 valence electrons. The largest absolute Gasteiger partial charge is 0.611 e. The molecule has 3 aromatic rings. The van der Waals surface area contributed by atoms with Crippen molar-refractivity contribution in [1.29, 1.82) is 0 Å². The lowest BCUT2D eigenvalue weighted by Gasteiger charge is -2.36. The van der Waals surface area contributed by atoms with Crippen LogP contribution in [0.4, 0.5) is 21.8 Å². The number of fused-ring (bicyclic) bond motifs is 1. The fraction of sp³-hybridized carbons (Fsp3) is 0.385. The molecule has 0 bridgehead atoms. The molecule has 1 saturated heterocycles. The van der Waals surface area contributed by atoms with Crippen LogP contribution in [0.2, 0.25) is 5.02 Å². The highest BCUT2D eigenvalue weighted by Crippen LogP contribution is 2.37. The minimum atomic E-state index is -1.23. The molecule has 0 spiro atoms. The summed E-state index contributed by atoms with van der Waals surface area (Å²) < 4.78 is 26.4. The molecule has 2 atom stereocenters. The number of aliphatic hydroxyl groups is 1. The van der Waals surface area contributed by atoms with E-state index < -0.39 is 22.8 Å². The number of anilines is 3. The Morgan fingerprint density at radius 2 is 1.67 bits per heavy atom. The molecule has 7 nitrogen and oxygen atoms in total. The zero-order chi connectivity index (χ0) is 25.4. The summed E-state index contributed by atoms with van der Waals surface area (Å²) in [5.74, 6) is 1.19. The van der Waals surface area contributed by atoms with E-state index in [1.54, 1.807) is 26.0 Å². The van der Waals surface area contributed by atoms with Crippen molar-refractivity contribution >= 4 is 40.2 Å². The van der Waals surface area contributed by atoms with E-state index in [9.17, 15) is 14.0 Å². The number of hydrogen-bond acceptors (Lipinski definition) is 7. The number of nitrogens with zero attached hydrogens (tertiary/aromatic N) is 4. The Morgan fingerprint density at radius 3 is 2.31 bits per heavy atom. The first kappa shape index (κ1) is 25.1. The summed E-state index contributed by atoms with van der Waals surface area (Å²) in [6.07, 6.45) is 0.612. The Morgan fingerprint density at radius 1 is 1.03 bits per heavy atom. The Bertz CT molecular complexity index is 1210. The van der Waals surface area contributed by atoms with E-state index in [1.165, 1.54) is 12.1 Å². The topological polar surface area (TPSA) is 87.6 Å². The highest BCUT2D eigenvalue weighted by molar-refractivity contribution is 7.91. The van der Waals surface area contributed by atoms with Crippen molar-refractivity contribution in [1.82, 2.24) is 9.97 Å². The number of nitrogens with one attached hydrogen (secondary N) is 1. The minimum absolute atomic E-state index is 0.350. The lowest BCUT2D eigenvalue weighted by molar-refractivity contribution is 0.0586. The third kappa shape index (κ3) is 5.25. The van der Waals surface area contributed by atoms with Crippen molar-refractivity contribution in [2.75, 3.05) is 47.0 Å². The number of halogens is 2. The molecule has 10 heteroatoms. The summed E-state index contributed by atoms with van der Waals surface area (Å²) in [4.78, 5) is 14.6. The number of hydrogen-bond donors (Lipinski definition) is 2. The monoisotopic (exact) mass is 529 g/mol. The van der Waals surface area contributed by atoms with Gasteiger partial charge in [-0.3, -0.25) is 0 Å². The fourth-order valence-corrected chi connectivity index (χ4v) is 6.14. The van der Waals surface area contributed by atoms with E-state index in [2.05, 4.69) is 15.1 Å². The van der Waals surface area contributed by atoms with Gasteiger partial charge < -0.3 is 24.8 Å². The average Bonchev–Trinajstić information content (AvgIpc) is 3.24. The lowest BCUT2D eigenvalue weighted by Crippen LogP contribution is -2.47. The van der Waals surface area contributed by atoms with Crippen LogP contribution in [0.15, 0.2) is 53.4 Å². The first-order valence-corrected chi connectivity index (χ1v) is 13.7. The highest BCUT2D eigenvalue weighted by Gasteiger charge is 2.36. The SMILES string of the molecule is CC(C)(O)[C@H](Nc1nc(N2CCN(c3ccc(Cl)cc3)CC2)nc2c1[S+]([O-])CC2)c1ccc(F)cc1. The summed E-state index contributed by atoms with van der Waals surface area (Å²) >= 11 is 4.81. The van der Waals surface area contributed by atoms with Crippen LogP contribution in [0.3, 0.4) is 0 Å². The number of rotatable bonds is 6. The van der Waals surface area contributed by atoms with E-state index in [1.807, 2.05) is 24.3 Å². The summed E-state index contributed by atoms with van der Waals surface area (Å²) in [6, 6.07) is 13.2. The van der Waals surface area contributed by atoms with Crippen LogP contribution in [0, 0.1) is 5.82 Å². The van der Waals surface area contributed by atoms with Crippen molar-refractivity contribution in [3.63, 3.8) is 0 Å². The molecule has 1 unspecified atom stereocenters. The predicted molar refractivity (Wildman–Crippen MR) is 142 cm³/mol. The van der Waals surface area contributed by atoms with Crippen molar-refractivity contribution in [2.45, 2.75) is 36.8 Å². The minimum Gasteiger partial charge on any atom is -0.611 e. The van der Waals surface area contributed by atoms with Crippen molar-refractivity contribution in [3.8, 4) is 0 Å². The molecule has 1 fully saturated rings. The summed E-state index contributed by atoms with van der Waals surface area (Å²) in [5, 5.41) is 15.0. The molecule has 2 aliphatic heterocycles. The van der Waals surface area contributed by atoms with Crippen LogP contribution in [0.5, 0.6) is 0 Å². The number of aryl methyl sites for hydroxylation is 1. The maximum Gasteiger partial charge on any atom is 0.228 e. The third-order valence-corrected chi connectivity index (χ3v) is 8.33. The second kappa shape index (κ2) is 10.0. The lowest BCUT2D eigenvalue weighted by atomic mass is 9.92. The summed E-state index contributed by atoms with van der Waals surface area (Å²) in [6.45, 7) is 6.44. The van der Waals surface area contributed by atoms with Crippen LogP contribution >= 0.6 is 11.6 Å². The Kier molecular flexibility index (Phi) is 7.00. The quantitative estimate of drug-likeness (QED) is 0.463.